The highest BCUT2D eigenvalue weighted by molar-refractivity contribution is 6.05. The topological polar surface area (TPSA) is 61.9 Å². The van der Waals surface area contributed by atoms with Gasteiger partial charge in [0.2, 0.25) is 5.91 Å². The van der Waals surface area contributed by atoms with Gasteiger partial charge in [0.1, 0.15) is 6.42 Å². The zero-order chi connectivity index (χ0) is 18.3. The van der Waals surface area contributed by atoms with Gasteiger partial charge < -0.3 is 9.88 Å². The third kappa shape index (κ3) is 3.11. The fourth-order valence-electron chi connectivity index (χ4n) is 3.71. The molecular weight excluding hydrogens is 345 g/mol. The normalized spacial score (nSPS) is 18.6. The van der Waals surface area contributed by atoms with Gasteiger partial charge in [-0.25, -0.2) is 9.97 Å². The van der Waals surface area contributed by atoms with Gasteiger partial charge in [-0.2, -0.15) is 13.2 Å². The number of likely N-dealkylation sites (tertiary alicyclic amines) is 1. The maximum atomic E-state index is 12.5. The summed E-state index contributed by atoms with van der Waals surface area (Å²) in [5.41, 5.74) is 2.43. The lowest BCUT2D eigenvalue weighted by Crippen LogP contribution is -2.40. The molecule has 3 aromatic rings. The van der Waals surface area contributed by atoms with E-state index in [-0.39, 0.29) is 12.5 Å². The van der Waals surface area contributed by atoms with E-state index in [1.807, 2.05) is 18.3 Å². The molecule has 0 radical (unpaired) electrons. The van der Waals surface area contributed by atoms with E-state index in [9.17, 15) is 18.0 Å². The van der Waals surface area contributed by atoms with Crippen LogP contribution < -0.4 is 0 Å². The van der Waals surface area contributed by atoms with Crippen LogP contribution in [0.1, 0.15) is 30.7 Å². The van der Waals surface area contributed by atoms with Gasteiger partial charge in [-0.3, -0.25) is 4.79 Å². The molecule has 0 bridgehead atoms. The Labute approximate surface area is 147 Å². The summed E-state index contributed by atoms with van der Waals surface area (Å²) in [4.78, 5) is 25.2. The number of nitrogens with zero attached hydrogens (tertiary/aromatic N) is 3. The second-order valence-electron chi connectivity index (χ2n) is 6.64. The van der Waals surface area contributed by atoms with Gasteiger partial charge in [-0.05, 0) is 24.5 Å². The first-order valence-electron chi connectivity index (χ1n) is 8.47. The number of nitrogens with one attached hydrogen (secondary N) is 1. The van der Waals surface area contributed by atoms with Crippen LogP contribution in [0, 0.1) is 0 Å². The minimum absolute atomic E-state index is 0.0430. The maximum Gasteiger partial charge on any atom is 0.397 e. The van der Waals surface area contributed by atoms with Gasteiger partial charge in [0.25, 0.3) is 0 Å². The van der Waals surface area contributed by atoms with Crippen molar-refractivity contribution in [2.45, 2.75) is 31.4 Å². The molecule has 4 rings (SSSR count). The molecule has 1 unspecified atom stereocenters. The molecule has 8 heteroatoms. The number of piperidine rings is 1. The lowest BCUT2D eigenvalue weighted by molar-refractivity contribution is -0.162. The molecule has 1 saturated heterocycles. The highest BCUT2D eigenvalue weighted by atomic mass is 19.4. The summed E-state index contributed by atoms with van der Waals surface area (Å²) < 4.78 is 37.6. The molecule has 1 N–H and O–H groups in total. The Morgan fingerprint density at radius 1 is 1.31 bits per heavy atom. The number of rotatable bonds is 2. The number of aromatic amines is 1. The molecule has 0 spiro atoms. The van der Waals surface area contributed by atoms with Crippen molar-refractivity contribution in [3.05, 3.63) is 36.3 Å². The Balaban J connectivity index is 1.67. The molecule has 1 amide bonds. The number of aromatic nitrogens is 3. The van der Waals surface area contributed by atoms with Crippen molar-refractivity contribution in [1.82, 2.24) is 19.9 Å². The molecule has 0 aromatic carbocycles. The van der Waals surface area contributed by atoms with E-state index < -0.39 is 18.5 Å². The molecule has 4 heterocycles. The van der Waals surface area contributed by atoms with Crippen molar-refractivity contribution < 1.29 is 18.0 Å². The van der Waals surface area contributed by atoms with Crippen molar-refractivity contribution in [2.75, 3.05) is 13.1 Å². The largest absolute Gasteiger partial charge is 0.397 e. The fourth-order valence-corrected chi connectivity index (χ4v) is 3.71. The summed E-state index contributed by atoms with van der Waals surface area (Å²) in [7, 11) is 0. The average molecular weight is 362 g/mol. The molecule has 1 aliphatic heterocycles. The van der Waals surface area contributed by atoms with E-state index in [0.29, 0.717) is 18.6 Å². The molecule has 3 aromatic heterocycles. The Morgan fingerprint density at radius 2 is 2.12 bits per heavy atom. The van der Waals surface area contributed by atoms with Gasteiger partial charge in [-0.1, -0.05) is 6.07 Å². The number of carbonyl (C=O) groups is 1. The third-order valence-electron chi connectivity index (χ3n) is 4.88. The summed E-state index contributed by atoms with van der Waals surface area (Å²) in [6.45, 7) is 0.646. The van der Waals surface area contributed by atoms with E-state index in [4.69, 9.17) is 0 Å². The molecule has 5 nitrogen and oxygen atoms in total. The molecule has 0 saturated carbocycles. The number of fused-ring (bicyclic) bond motifs is 3. The number of H-pyrrole nitrogens is 1. The predicted molar refractivity (Wildman–Crippen MR) is 90.6 cm³/mol. The zero-order valence-corrected chi connectivity index (χ0v) is 13.9. The minimum atomic E-state index is -4.48. The van der Waals surface area contributed by atoms with Crippen LogP contribution in [-0.2, 0) is 4.79 Å². The van der Waals surface area contributed by atoms with Crippen LogP contribution >= 0.6 is 0 Å². The Morgan fingerprint density at radius 3 is 2.92 bits per heavy atom. The van der Waals surface area contributed by atoms with Crippen LogP contribution in [0.2, 0.25) is 0 Å². The summed E-state index contributed by atoms with van der Waals surface area (Å²) >= 11 is 0. The SMILES string of the molecule is O=C(CC(F)(F)F)N1CCCC(c2cnc3ncc4[nH]cccc4c23)C1. The molecule has 1 aliphatic rings. The van der Waals surface area contributed by atoms with Crippen LogP contribution in [0.3, 0.4) is 0 Å². The third-order valence-corrected chi connectivity index (χ3v) is 4.88. The van der Waals surface area contributed by atoms with Crippen molar-refractivity contribution in [1.29, 1.82) is 0 Å². The Hall–Kier alpha value is -2.64. The lowest BCUT2D eigenvalue weighted by atomic mass is 9.89. The molecule has 136 valence electrons. The second-order valence-corrected chi connectivity index (χ2v) is 6.64. The average Bonchev–Trinajstić information content (AvgIpc) is 3.05. The van der Waals surface area contributed by atoms with Gasteiger partial charge in [0.05, 0.1) is 11.7 Å². The standard InChI is InChI=1S/C18H17F3N4O/c19-18(20,21)7-15(26)25-6-2-3-11(10-25)13-8-23-17-16(13)12-4-1-5-22-14(12)9-24-17/h1,4-5,8-9,11,22H,2-3,6-7,10H2. The molecule has 26 heavy (non-hydrogen) atoms. The Kier molecular flexibility index (Phi) is 4.05. The lowest BCUT2D eigenvalue weighted by Gasteiger charge is -2.33. The summed E-state index contributed by atoms with van der Waals surface area (Å²) in [6.07, 6.45) is 0.869. The van der Waals surface area contributed by atoms with Gasteiger partial charge in [0.15, 0.2) is 5.65 Å². The molecular formula is C18H17F3N4O. The Bertz CT molecular complexity index is 966. The minimum Gasteiger partial charge on any atom is -0.360 e. The first-order valence-corrected chi connectivity index (χ1v) is 8.47. The quantitative estimate of drug-likeness (QED) is 0.755. The summed E-state index contributed by atoms with van der Waals surface area (Å²) in [5, 5.41) is 1.89. The van der Waals surface area contributed by atoms with Crippen LogP contribution in [0.15, 0.2) is 30.7 Å². The van der Waals surface area contributed by atoms with Crippen LogP contribution in [0.5, 0.6) is 0 Å². The van der Waals surface area contributed by atoms with Crippen LogP contribution in [-0.4, -0.2) is 45.0 Å². The van der Waals surface area contributed by atoms with Crippen LogP contribution in [0.25, 0.3) is 21.9 Å². The van der Waals surface area contributed by atoms with Crippen LogP contribution in [0.4, 0.5) is 13.2 Å². The smallest absolute Gasteiger partial charge is 0.360 e. The van der Waals surface area contributed by atoms with E-state index in [1.165, 1.54) is 4.90 Å². The van der Waals surface area contributed by atoms with Crippen molar-refractivity contribution in [3.63, 3.8) is 0 Å². The first kappa shape index (κ1) is 16.8. The van der Waals surface area contributed by atoms with Gasteiger partial charge in [-0.15, -0.1) is 0 Å². The fraction of sp³-hybridized carbons (Fsp3) is 0.389. The molecule has 0 aliphatic carbocycles. The van der Waals surface area contributed by atoms with Gasteiger partial charge in [0, 0.05) is 42.2 Å². The monoisotopic (exact) mass is 362 g/mol. The maximum absolute atomic E-state index is 12.5. The van der Waals surface area contributed by atoms with E-state index in [2.05, 4.69) is 15.0 Å². The number of halogens is 3. The zero-order valence-electron chi connectivity index (χ0n) is 13.9. The number of carbonyl (C=O) groups excluding carboxylic acids is 1. The highest BCUT2D eigenvalue weighted by Gasteiger charge is 2.35. The van der Waals surface area contributed by atoms with E-state index in [1.54, 1.807) is 12.4 Å². The number of pyridine rings is 2. The molecule has 1 atom stereocenters. The summed E-state index contributed by atoms with van der Waals surface area (Å²) in [6, 6.07) is 3.86. The number of hydrogen-bond acceptors (Lipinski definition) is 3. The van der Waals surface area contributed by atoms with Crippen molar-refractivity contribution in [2.24, 2.45) is 0 Å². The van der Waals surface area contributed by atoms with Crippen molar-refractivity contribution in [3.8, 4) is 0 Å². The van der Waals surface area contributed by atoms with Gasteiger partial charge >= 0.3 is 6.18 Å². The van der Waals surface area contributed by atoms with E-state index >= 15 is 0 Å². The number of hydrogen-bond donors (Lipinski definition) is 1. The second kappa shape index (κ2) is 6.26. The number of amides is 1. The van der Waals surface area contributed by atoms with E-state index in [0.717, 1.165) is 28.3 Å². The molecule has 1 fully saturated rings. The van der Waals surface area contributed by atoms with Crippen molar-refractivity contribution >= 4 is 27.8 Å². The first-order chi connectivity index (χ1) is 12.4. The predicted octanol–water partition coefficient (Wildman–Crippen LogP) is 3.77. The summed E-state index contributed by atoms with van der Waals surface area (Å²) in [5.74, 6) is -0.902. The number of alkyl halides is 3. The highest BCUT2D eigenvalue weighted by Crippen LogP contribution is 2.35.